The summed E-state index contributed by atoms with van der Waals surface area (Å²) < 4.78 is 34.9. The van der Waals surface area contributed by atoms with Gasteiger partial charge in [0.15, 0.2) is 0 Å². The van der Waals surface area contributed by atoms with E-state index in [0.717, 1.165) is 11.8 Å². The smallest absolute Gasteiger partial charge is 0.319 e. The summed E-state index contributed by atoms with van der Waals surface area (Å²) in [6.45, 7) is 1.56. The highest BCUT2D eigenvalue weighted by atomic mass is 32.2. The molecule has 5 nitrogen and oxygen atoms in total. The first-order chi connectivity index (χ1) is 6.38. The van der Waals surface area contributed by atoms with E-state index in [4.69, 9.17) is 4.55 Å². The highest BCUT2D eigenvalue weighted by molar-refractivity contribution is 8.04. The second-order valence-electron chi connectivity index (χ2n) is 2.86. The molecule has 0 amide bonds. The Labute approximate surface area is 86.3 Å². The Bertz CT molecular complexity index is 370. The average Bonchev–Trinajstić information content (AvgIpc) is 2.45. The Morgan fingerprint density at radius 2 is 2.21 bits per heavy atom. The summed E-state index contributed by atoms with van der Waals surface area (Å²) in [5.41, 5.74) is 0. The molecule has 0 spiro atoms. The van der Waals surface area contributed by atoms with Crippen LogP contribution < -0.4 is 0 Å². The molecule has 0 aromatic carbocycles. The first-order valence-electron chi connectivity index (χ1n) is 3.78. The van der Waals surface area contributed by atoms with Crippen molar-refractivity contribution < 1.29 is 22.5 Å². The lowest BCUT2D eigenvalue weighted by molar-refractivity contribution is -0.140. The van der Waals surface area contributed by atoms with Gasteiger partial charge in [-0.05, 0) is 5.41 Å². The van der Waals surface area contributed by atoms with Gasteiger partial charge in [-0.15, -0.1) is 11.8 Å². The Balaban J connectivity index is 2.87. The van der Waals surface area contributed by atoms with Crippen LogP contribution >= 0.6 is 11.8 Å². The molecule has 7 heteroatoms. The van der Waals surface area contributed by atoms with Crippen LogP contribution in [0.1, 0.15) is 6.92 Å². The number of rotatable bonds is 2. The van der Waals surface area contributed by atoms with E-state index in [2.05, 4.69) is 4.74 Å². The molecule has 0 radical (unpaired) electrons. The molecule has 2 unspecified atom stereocenters. The molecule has 2 atom stereocenters. The lowest BCUT2D eigenvalue weighted by Crippen LogP contribution is -2.25. The van der Waals surface area contributed by atoms with Gasteiger partial charge in [-0.25, -0.2) is 0 Å². The fraction of sp³-hybridized carbons (Fsp3) is 0.571. The number of carbonyl (C=O) groups excluding carboxylic acids is 1. The first-order valence-corrected chi connectivity index (χ1v) is 6.17. The van der Waals surface area contributed by atoms with Crippen molar-refractivity contribution in [1.82, 2.24) is 0 Å². The summed E-state index contributed by atoms with van der Waals surface area (Å²) in [7, 11) is -2.96. The molecule has 1 N–H and O–H groups in total. The zero-order valence-corrected chi connectivity index (χ0v) is 9.26. The van der Waals surface area contributed by atoms with E-state index < -0.39 is 27.3 Å². The Kier molecular flexibility index (Phi) is 3.23. The van der Waals surface area contributed by atoms with Crippen LogP contribution in [0, 0.1) is 5.92 Å². The van der Waals surface area contributed by atoms with Crippen molar-refractivity contribution >= 4 is 27.8 Å². The van der Waals surface area contributed by atoms with Crippen LogP contribution in [0.2, 0.25) is 0 Å². The van der Waals surface area contributed by atoms with E-state index in [9.17, 15) is 13.2 Å². The van der Waals surface area contributed by atoms with Crippen molar-refractivity contribution in [3.63, 3.8) is 0 Å². The molecule has 0 saturated carbocycles. The molecule has 0 aromatic rings. The number of allylic oxidation sites excluding steroid dienone is 1. The quantitative estimate of drug-likeness (QED) is 0.561. The van der Waals surface area contributed by atoms with E-state index >= 15 is 0 Å². The van der Waals surface area contributed by atoms with Crippen molar-refractivity contribution in [2.45, 2.75) is 12.2 Å². The number of hydrogen-bond acceptors (Lipinski definition) is 5. The van der Waals surface area contributed by atoms with Crippen LogP contribution in [-0.4, -0.2) is 31.3 Å². The summed E-state index contributed by atoms with van der Waals surface area (Å²) in [4.78, 5) is 11.0. The minimum Gasteiger partial charge on any atom is -0.468 e. The summed E-state index contributed by atoms with van der Waals surface area (Å²) in [6.07, 6.45) is 0. The van der Waals surface area contributed by atoms with Gasteiger partial charge >= 0.3 is 5.97 Å². The van der Waals surface area contributed by atoms with Gasteiger partial charge in [0.25, 0.3) is 10.1 Å². The zero-order valence-electron chi connectivity index (χ0n) is 7.63. The van der Waals surface area contributed by atoms with E-state index in [-0.39, 0.29) is 4.91 Å². The number of ether oxygens (including phenoxy) is 1. The predicted molar refractivity (Wildman–Crippen MR) is 52.2 cm³/mol. The molecule has 0 aromatic heterocycles. The summed E-state index contributed by atoms with van der Waals surface area (Å²) in [5.74, 6) is -1.04. The highest BCUT2D eigenvalue weighted by Gasteiger charge is 2.38. The van der Waals surface area contributed by atoms with E-state index in [0.29, 0.717) is 0 Å². The number of carbonyl (C=O) groups is 1. The largest absolute Gasteiger partial charge is 0.468 e. The lowest BCUT2D eigenvalue weighted by atomic mass is 10.1. The van der Waals surface area contributed by atoms with Gasteiger partial charge in [-0.1, -0.05) is 6.92 Å². The van der Waals surface area contributed by atoms with Crippen LogP contribution in [0.25, 0.3) is 0 Å². The van der Waals surface area contributed by atoms with Gasteiger partial charge in [0.2, 0.25) is 0 Å². The van der Waals surface area contributed by atoms with E-state index in [1.54, 1.807) is 6.92 Å². The van der Waals surface area contributed by atoms with Crippen LogP contribution in [0.15, 0.2) is 10.3 Å². The topological polar surface area (TPSA) is 80.7 Å². The Morgan fingerprint density at radius 1 is 1.64 bits per heavy atom. The van der Waals surface area contributed by atoms with Gasteiger partial charge in [-0.2, -0.15) is 8.42 Å². The molecule has 1 aliphatic rings. The van der Waals surface area contributed by atoms with Crippen LogP contribution in [0.4, 0.5) is 0 Å². The van der Waals surface area contributed by atoms with Crippen molar-refractivity contribution in [2.24, 2.45) is 5.92 Å². The minimum absolute atomic E-state index is 0.127. The maximum Gasteiger partial charge on any atom is 0.319 e. The third kappa shape index (κ3) is 2.10. The number of methoxy groups -OCH3 is 1. The van der Waals surface area contributed by atoms with Crippen LogP contribution in [0.3, 0.4) is 0 Å². The molecule has 80 valence electrons. The molecular formula is C7H10O5S2. The lowest BCUT2D eigenvalue weighted by Gasteiger charge is -2.13. The van der Waals surface area contributed by atoms with Crippen molar-refractivity contribution in [1.29, 1.82) is 0 Å². The Morgan fingerprint density at radius 3 is 2.57 bits per heavy atom. The molecule has 14 heavy (non-hydrogen) atoms. The van der Waals surface area contributed by atoms with Gasteiger partial charge < -0.3 is 4.74 Å². The fourth-order valence-electron chi connectivity index (χ4n) is 1.19. The van der Waals surface area contributed by atoms with Crippen molar-refractivity contribution in [3.8, 4) is 0 Å². The monoisotopic (exact) mass is 238 g/mol. The summed E-state index contributed by atoms with van der Waals surface area (Å²) >= 11 is 1.04. The van der Waals surface area contributed by atoms with E-state index in [1.165, 1.54) is 12.5 Å². The number of thioether (sulfide) groups is 1. The molecular weight excluding hydrogens is 228 g/mol. The second-order valence-corrected chi connectivity index (χ2v) is 5.30. The molecule has 0 aliphatic carbocycles. The average molecular weight is 238 g/mol. The molecule has 0 saturated heterocycles. The summed E-state index contributed by atoms with van der Waals surface area (Å²) in [6, 6.07) is 0. The maximum atomic E-state index is 11.1. The number of hydrogen-bond donors (Lipinski definition) is 1. The zero-order chi connectivity index (χ0) is 10.9. The standard InChI is InChI=1S/C7H10O5S2/c1-4-5(14(9,10)11)3-13-6(4)7(8)12-2/h3-4,6H,1-2H3,(H,9,10,11). The van der Waals surface area contributed by atoms with Crippen molar-refractivity contribution in [3.05, 3.63) is 10.3 Å². The Hall–Kier alpha value is -0.530. The molecule has 1 heterocycles. The van der Waals surface area contributed by atoms with Gasteiger partial charge in [0.1, 0.15) is 5.25 Å². The van der Waals surface area contributed by atoms with E-state index in [1.807, 2.05) is 0 Å². The SMILES string of the molecule is COC(=O)C1SC=C(S(=O)(=O)O)C1C. The first kappa shape index (κ1) is 11.5. The third-order valence-corrected chi connectivity index (χ3v) is 4.48. The molecule has 0 bridgehead atoms. The highest BCUT2D eigenvalue weighted by Crippen LogP contribution is 2.38. The molecule has 1 aliphatic heterocycles. The fourth-order valence-corrected chi connectivity index (χ4v) is 3.62. The van der Waals surface area contributed by atoms with Gasteiger partial charge in [0.05, 0.1) is 12.0 Å². The van der Waals surface area contributed by atoms with Crippen LogP contribution in [-0.2, 0) is 19.6 Å². The van der Waals surface area contributed by atoms with Crippen molar-refractivity contribution in [2.75, 3.05) is 7.11 Å². The minimum atomic E-state index is -4.19. The maximum absolute atomic E-state index is 11.1. The normalized spacial score (nSPS) is 27.2. The van der Waals surface area contributed by atoms with Gasteiger partial charge in [-0.3, -0.25) is 9.35 Å². The third-order valence-electron chi connectivity index (χ3n) is 1.97. The second kappa shape index (κ2) is 3.92. The molecule has 0 fully saturated rings. The van der Waals surface area contributed by atoms with Crippen LogP contribution in [0.5, 0.6) is 0 Å². The predicted octanol–water partition coefficient (Wildman–Crippen LogP) is 0.640. The van der Waals surface area contributed by atoms with Gasteiger partial charge in [0, 0.05) is 5.92 Å². The number of esters is 1. The molecule has 1 rings (SSSR count). The summed E-state index contributed by atoms with van der Waals surface area (Å²) in [5, 5.41) is 0.693.